The summed E-state index contributed by atoms with van der Waals surface area (Å²) in [6.45, 7) is 46.3. The first-order chi connectivity index (χ1) is 64.9. The van der Waals surface area contributed by atoms with Crippen molar-refractivity contribution >= 4 is 202 Å². The molecule has 6 aromatic rings. The zero-order valence-electron chi connectivity index (χ0n) is 82.9. The summed E-state index contributed by atoms with van der Waals surface area (Å²) in [4.78, 5) is 154. The third-order valence-electron chi connectivity index (χ3n) is 22.7. The van der Waals surface area contributed by atoms with Crippen LogP contribution < -0.4 is 51.1 Å². The minimum Gasteiger partial charge on any atom is -0.378 e. The van der Waals surface area contributed by atoms with Crippen LogP contribution in [0.5, 0.6) is 0 Å². The fourth-order valence-electron chi connectivity index (χ4n) is 14.2. The smallest absolute Gasteiger partial charge is 0.255 e. The SMILES string of the molecule is CC(=O)NC1=CC(=Nc2ccc(N(C)C)cc2C)C(C)=C(Cl)C1=O.CCC(=O)NC1=CC(=Nc2ccc(N(CC)CC)cc2C)C(C)=C(Cl)C1=O.CCCCN(CCCC)c1ccc(N=C2C=C(NC(C)=O)C(=O)C(Cl)=C2C)c(C)c1.CCN(C)c1ccc(N=C2C=C(NC(C)=O)C(=O)C(Cl)=C2C)c(C)c1.CCN(CC)c1ccc(N=C2C=C(NC(=O)c3ccccc3)C(=O)C(Cl)=C2C)c(C)c1. The predicted molar refractivity (Wildman–Crippen MR) is 566 cm³/mol. The minimum atomic E-state index is -0.420. The summed E-state index contributed by atoms with van der Waals surface area (Å²) in [5.74, 6) is -3.58. The van der Waals surface area contributed by atoms with Gasteiger partial charge in [0, 0.05) is 128 Å². The Morgan fingerprint density at radius 2 is 0.569 bits per heavy atom. The molecule has 0 aromatic heterocycles. The molecular formula is C107H126Cl5N15O10. The molecule has 0 saturated carbocycles. The molecular weight excluding hydrogens is 1830 g/mol. The number of carbonyl (C=O) groups is 10. The van der Waals surface area contributed by atoms with Crippen LogP contribution in [-0.4, -0.2) is 154 Å². The molecule has 0 spiro atoms. The number of benzene rings is 6. The quantitative estimate of drug-likeness (QED) is 0.0285. The number of anilines is 5. The van der Waals surface area contributed by atoms with E-state index in [9.17, 15) is 47.9 Å². The minimum absolute atomic E-state index is 0.0574. The largest absolute Gasteiger partial charge is 0.378 e. The second-order valence-electron chi connectivity index (χ2n) is 33.2. The molecule has 0 atom stereocenters. The number of rotatable bonds is 28. The number of hydrogen-bond acceptors (Lipinski definition) is 20. The third kappa shape index (κ3) is 30.4. The Morgan fingerprint density at radius 3 is 0.825 bits per heavy atom. The number of hydrogen-bond donors (Lipinski definition) is 5. The number of halogens is 5. The van der Waals surface area contributed by atoms with Gasteiger partial charge in [-0.15, -0.1) is 0 Å². The number of nitrogens with zero attached hydrogens (tertiary/aromatic N) is 10. The Balaban J connectivity index is 0.000000234. The van der Waals surface area contributed by atoms with Crippen molar-refractivity contribution < 1.29 is 47.9 Å². The van der Waals surface area contributed by atoms with E-state index in [-0.39, 0.29) is 95.4 Å². The van der Waals surface area contributed by atoms with Crippen LogP contribution in [0.2, 0.25) is 0 Å². The van der Waals surface area contributed by atoms with E-state index in [1.54, 1.807) is 96.2 Å². The number of ketones is 5. The first-order valence-corrected chi connectivity index (χ1v) is 47.5. The molecule has 0 saturated heterocycles. The molecule has 0 bridgehead atoms. The highest BCUT2D eigenvalue weighted by Crippen LogP contribution is 2.36. The predicted octanol–water partition coefficient (Wildman–Crippen LogP) is 22.2. The van der Waals surface area contributed by atoms with Crippen molar-refractivity contribution in [2.24, 2.45) is 25.0 Å². The lowest BCUT2D eigenvalue weighted by Gasteiger charge is -2.25. The normalized spacial score (nSPS) is 15.8. The number of allylic oxidation sites excluding steroid dienone is 15. The van der Waals surface area contributed by atoms with E-state index in [0.717, 1.165) is 125 Å². The average molecular weight is 1960 g/mol. The zero-order valence-corrected chi connectivity index (χ0v) is 86.6. The van der Waals surface area contributed by atoms with E-state index in [0.29, 0.717) is 62.0 Å². The fraction of sp³-hybridized carbons (Fsp3) is 0.336. The van der Waals surface area contributed by atoms with E-state index in [1.807, 2.05) is 127 Å². The van der Waals surface area contributed by atoms with Crippen LogP contribution in [0.3, 0.4) is 0 Å². The number of nitrogens with one attached hydrogen (secondary N) is 5. The van der Waals surface area contributed by atoms with Gasteiger partial charge >= 0.3 is 0 Å². The first kappa shape index (κ1) is 111. The molecule has 0 heterocycles. The molecule has 25 nitrogen and oxygen atoms in total. The summed E-state index contributed by atoms with van der Waals surface area (Å²) < 4.78 is 0. The molecule has 0 fully saturated rings. The number of aliphatic imine (C=N–C) groups is 5. The molecule has 30 heteroatoms. The zero-order chi connectivity index (χ0) is 102. The molecule has 0 aliphatic heterocycles. The molecule has 5 aliphatic rings. The maximum Gasteiger partial charge on any atom is 0.255 e. The Labute approximate surface area is 831 Å². The van der Waals surface area contributed by atoms with Crippen LogP contribution in [0, 0.1) is 34.6 Å². The van der Waals surface area contributed by atoms with Gasteiger partial charge in [-0.1, -0.05) is 110 Å². The van der Waals surface area contributed by atoms with Crippen molar-refractivity contribution in [3.05, 3.63) is 267 Å². The van der Waals surface area contributed by atoms with Gasteiger partial charge in [-0.2, -0.15) is 0 Å². The summed E-state index contributed by atoms with van der Waals surface area (Å²) in [6.07, 6.45) is 12.8. The molecule has 137 heavy (non-hydrogen) atoms. The topological polar surface area (TPSA) is 309 Å². The Bertz CT molecular complexity index is 6170. The van der Waals surface area contributed by atoms with Gasteiger partial charge in [-0.3, -0.25) is 47.9 Å². The van der Waals surface area contributed by atoms with Crippen LogP contribution in [0.25, 0.3) is 0 Å². The lowest BCUT2D eigenvalue weighted by molar-refractivity contribution is -0.122. The van der Waals surface area contributed by atoms with Gasteiger partial charge < -0.3 is 51.1 Å². The van der Waals surface area contributed by atoms with Gasteiger partial charge in [0.05, 0.1) is 111 Å². The Morgan fingerprint density at radius 1 is 0.314 bits per heavy atom. The van der Waals surface area contributed by atoms with Crippen LogP contribution in [-0.2, 0) is 43.2 Å². The van der Waals surface area contributed by atoms with Crippen molar-refractivity contribution in [1.82, 2.24) is 26.6 Å². The fourth-order valence-corrected chi connectivity index (χ4v) is 15.2. The summed E-state index contributed by atoms with van der Waals surface area (Å²) >= 11 is 30.9. The van der Waals surface area contributed by atoms with E-state index in [4.69, 9.17) is 73.0 Å². The van der Waals surface area contributed by atoms with E-state index < -0.39 is 23.1 Å². The molecule has 0 unspecified atom stereocenters. The van der Waals surface area contributed by atoms with Crippen LogP contribution in [0.15, 0.2) is 258 Å². The highest BCUT2D eigenvalue weighted by atomic mass is 35.5. The van der Waals surface area contributed by atoms with Crippen molar-refractivity contribution in [1.29, 1.82) is 0 Å². The second kappa shape index (κ2) is 52.5. The first-order valence-electron chi connectivity index (χ1n) is 45.6. The number of Topliss-reactive ketones (excluding diaryl/α,β-unsaturated/α-hetero) is 5. The summed E-state index contributed by atoms with van der Waals surface area (Å²) in [5.41, 5.74) is 21.7. The third-order valence-corrected chi connectivity index (χ3v) is 25.0. The molecule has 724 valence electrons. The number of carbonyl (C=O) groups excluding carboxylic acids is 10. The number of aryl methyl sites for hydroxylation is 5. The highest BCUT2D eigenvalue weighted by molar-refractivity contribution is 6.52. The maximum absolute atomic E-state index is 12.6. The monoisotopic (exact) mass is 1960 g/mol. The highest BCUT2D eigenvalue weighted by Gasteiger charge is 2.31. The van der Waals surface area contributed by atoms with Crippen LogP contribution >= 0.6 is 58.0 Å². The molecule has 6 aromatic carbocycles. The van der Waals surface area contributed by atoms with Gasteiger partial charge in [0.1, 0.15) is 0 Å². The number of amides is 5. The van der Waals surface area contributed by atoms with Crippen molar-refractivity contribution in [3.8, 4) is 0 Å². The van der Waals surface area contributed by atoms with Gasteiger partial charge in [-0.05, 0) is 306 Å². The lowest BCUT2D eigenvalue weighted by Crippen LogP contribution is -2.31. The molecule has 0 radical (unpaired) electrons. The van der Waals surface area contributed by atoms with Crippen molar-refractivity contribution in [2.75, 3.05) is 91.5 Å². The number of unbranched alkanes of at least 4 members (excludes halogenated alkanes) is 2. The van der Waals surface area contributed by atoms with Gasteiger partial charge in [-0.25, -0.2) is 25.0 Å². The molecule has 5 amide bonds. The summed E-state index contributed by atoms with van der Waals surface area (Å²) in [7, 11) is 5.98. The second-order valence-corrected chi connectivity index (χ2v) is 35.1. The van der Waals surface area contributed by atoms with Crippen molar-refractivity contribution in [2.45, 2.75) is 178 Å². The van der Waals surface area contributed by atoms with Crippen LogP contribution in [0.1, 0.15) is 181 Å². The molecule has 11 rings (SSSR count). The summed E-state index contributed by atoms with van der Waals surface area (Å²) in [6, 6.07) is 39.1. The molecule has 5 aliphatic carbocycles. The van der Waals surface area contributed by atoms with E-state index in [2.05, 4.69) is 135 Å². The maximum atomic E-state index is 12.6. The lowest BCUT2D eigenvalue weighted by atomic mass is 10.0. The van der Waals surface area contributed by atoms with Gasteiger partial charge in [0.25, 0.3) is 5.91 Å². The summed E-state index contributed by atoms with van der Waals surface area (Å²) in [5, 5.41) is 13.2. The van der Waals surface area contributed by atoms with Gasteiger partial charge in [0.2, 0.25) is 52.5 Å². The van der Waals surface area contributed by atoms with Crippen LogP contribution in [0.4, 0.5) is 56.9 Å². The molecule has 5 N–H and O–H groups in total. The Hall–Kier alpha value is -12.8. The standard InChI is InChI=1S/C25H26ClN3O2.C24H32ClN3O2.C21H26ClN3O2.C19H22ClN3O2.C18H20ClN3O2/c1-5-29(6-2)19-12-13-20(16(3)14-19)27-21-15-22(24(30)23(26)17(21)4)28-25(31)18-10-8-7-9-11-18;1-6-8-12-28(13-9-7-2)19-10-11-20(16(3)14-19)27-21-15-22(26-18(5)29)24(30)23(25)17(21)4;1-6-19(26)24-18-12-17(14(5)20(22)21(18)27)23-16-10-9-15(11-13(16)4)25(7-2)8-3;1-6-23(5)14-7-8-15(11(2)9-14)22-16-10-17(21-13(4)24)19(25)18(20)12(16)3;1-10-8-13(22(4)5)6-7-14(10)21-15-9-16(20-12(3)23)18(24)17(19)11(15)2/h7-15H,5-6H2,1-4H3,(H,28,31);10-11,14-15H,6-9,12-13H2,1-5H3,(H,26,29);9-12H,6-8H2,1-5H3,(H,24,26);7-10H,6H2,1-5H3,(H,21,24);6-9H,1-5H3,(H,20,23). The van der Waals surface area contributed by atoms with Gasteiger partial charge in [0.15, 0.2) is 0 Å². The average Bonchev–Trinajstić information content (AvgIpc) is 0.788. The Kier molecular flexibility index (Phi) is 42.6. The van der Waals surface area contributed by atoms with E-state index >= 15 is 0 Å². The van der Waals surface area contributed by atoms with Crippen molar-refractivity contribution in [3.63, 3.8) is 0 Å². The van der Waals surface area contributed by atoms with E-state index in [1.165, 1.54) is 52.1 Å².